The first kappa shape index (κ1) is 9.60. The summed E-state index contributed by atoms with van der Waals surface area (Å²) in [6.45, 7) is 0. The predicted octanol–water partition coefficient (Wildman–Crippen LogP) is 2.30. The van der Waals surface area contributed by atoms with Crippen molar-refractivity contribution in [3.63, 3.8) is 0 Å². The van der Waals surface area contributed by atoms with Crippen LogP contribution < -0.4 is 0 Å². The molecule has 0 unspecified atom stereocenters. The number of nitrogens with zero attached hydrogens (tertiary/aromatic N) is 3. The molecular weight excluding hydrogens is 222 g/mol. The summed E-state index contributed by atoms with van der Waals surface area (Å²) in [6, 6.07) is 4.15. The Hall–Kier alpha value is -1.95. The molecule has 6 nitrogen and oxygen atoms in total. The molecule has 0 bridgehead atoms. The van der Waals surface area contributed by atoms with Crippen molar-refractivity contribution in [3.8, 4) is 11.4 Å². The zero-order valence-electron chi connectivity index (χ0n) is 7.25. The van der Waals surface area contributed by atoms with Gasteiger partial charge in [-0.1, -0.05) is 16.8 Å². The fourth-order valence-electron chi connectivity index (χ4n) is 1.14. The van der Waals surface area contributed by atoms with Crippen LogP contribution in [-0.2, 0) is 0 Å². The van der Waals surface area contributed by atoms with Gasteiger partial charge in [0, 0.05) is 11.1 Å². The Morgan fingerprint density at radius 1 is 1.47 bits per heavy atom. The van der Waals surface area contributed by atoms with Crippen molar-refractivity contribution in [2.45, 2.75) is 0 Å². The molecule has 0 radical (unpaired) electrons. The number of rotatable bonds is 2. The van der Waals surface area contributed by atoms with Crippen LogP contribution in [-0.4, -0.2) is 15.1 Å². The summed E-state index contributed by atoms with van der Waals surface area (Å²) < 4.78 is 4.52. The Balaban J connectivity index is 2.63. The van der Waals surface area contributed by atoms with Crippen LogP contribution in [0.2, 0.25) is 5.02 Å². The van der Waals surface area contributed by atoms with Gasteiger partial charge in [0.1, 0.15) is 5.56 Å². The van der Waals surface area contributed by atoms with Gasteiger partial charge in [-0.15, -0.1) is 0 Å². The molecular formula is C8H4ClN3O3. The topological polar surface area (TPSA) is 82.1 Å². The predicted molar refractivity (Wildman–Crippen MR) is 51.4 cm³/mol. The van der Waals surface area contributed by atoms with Gasteiger partial charge in [-0.2, -0.15) is 4.98 Å². The van der Waals surface area contributed by atoms with Crippen molar-refractivity contribution in [2.75, 3.05) is 0 Å². The molecule has 76 valence electrons. The minimum Gasteiger partial charge on any atom is -0.342 e. The second-order valence-corrected chi connectivity index (χ2v) is 3.11. The number of hydrogen-bond donors (Lipinski definition) is 0. The zero-order chi connectivity index (χ0) is 10.8. The van der Waals surface area contributed by atoms with E-state index in [0.717, 1.165) is 6.39 Å². The SMILES string of the molecule is O=[N+]([O-])c1ccc(Cl)cc1-c1ncon1. The summed E-state index contributed by atoms with van der Waals surface area (Å²) in [5.74, 6) is 0.143. The van der Waals surface area contributed by atoms with E-state index < -0.39 is 4.92 Å². The molecule has 0 aliphatic heterocycles. The molecule has 0 saturated heterocycles. The van der Waals surface area contributed by atoms with Crippen molar-refractivity contribution in [3.05, 3.63) is 39.7 Å². The first-order valence-electron chi connectivity index (χ1n) is 3.89. The van der Waals surface area contributed by atoms with E-state index in [9.17, 15) is 10.1 Å². The summed E-state index contributed by atoms with van der Waals surface area (Å²) in [7, 11) is 0. The Bertz CT molecular complexity index is 498. The van der Waals surface area contributed by atoms with Gasteiger partial charge in [-0.05, 0) is 12.1 Å². The lowest BCUT2D eigenvalue weighted by molar-refractivity contribution is -0.384. The van der Waals surface area contributed by atoms with Crippen molar-refractivity contribution < 1.29 is 9.45 Å². The molecule has 0 amide bonds. The van der Waals surface area contributed by atoms with E-state index >= 15 is 0 Å². The smallest absolute Gasteiger partial charge is 0.280 e. The monoisotopic (exact) mass is 225 g/mol. The first-order valence-corrected chi connectivity index (χ1v) is 4.27. The average Bonchev–Trinajstić information content (AvgIpc) is 2.69. The molecule has 0 N–H and O–H groups in total. The molecule has 15 heavy (non-hydrogen) atoms. The Morgan fingerprint density at radius 2 is 2.27 bits per heavy atom. The van der Waals surface area contributed by atoms with Crippen LogP contribution in [0.4, 0.5) is 5.69 Å². The van der Waals surface area contributed by atoms with E-state index in [1.54, 1.807) is 0 Å². The number of benzene rings is 1. The van der Waals surface area contributed by atoms with Crippen molar-refractivity contribution in [1.29, 1.82) is 0 Å². The molecule has 0 saturated carbocycles. The van der Waals surface area contributed by atoms with Gasteiger partial charge in [-0.25, -0.2) is 0 Å². The summed E-state index contributed by atoms with van der Waals surface area (Å²) in [5, 5.41) is 14.6. The maximum Gasteiger partial charge on any atom is 0.280 e. The molecule has 0 atom stereocenters. The van der Waals surface area contributed by atoms with E-state index in [0.29, 0.717) is 5.02 Å². The third kappa shape index (κ3) is 1.79. The van der Waals surface area contributed by atoms with Crippen molar-refractivity contribution in [2.24, 2.45) is 0 Å². The maximum atomic E-state index is 10.7. The van der Waals surface area contributed by atoms with Gasteiger partial charge in [0.2, 0.25) is 12.2 Å². The lowest BCUT2D eigenvalue weighted by Gasteiger charge is -1.98. The lowest BCUT2D eigenvalue weighted by Crippen LogP contribution is -1.92. The number of nitro groups is 1. The fourth-order valence-corrected chi connectivity index (χ4v) is 1.31. The van der Waals surface area contributed by atoms with Crippen molar-refractivity contribution in [1.82, 2.24) is 10.1 Å². The largest absolute Gasteiger partial charge is 0.342 e. The molecule has 2 aromatic rings. The highest BCUT2D eigenvalue weighted by Crippen LogP contribution is 2.29. The summed E-state index contributed by atoms with van der Waals surface area (Å²) in [6.07, 6.45) is 1.10. The third-order valence-corrected chi connectivity index (χ3v) is 1.99. The highest BCUT2D eigenvalue weighted by molar-refractivity contribution is 6.31. The summed E-state index contributed by atoms with van der Waals surface area (Å²) in [4.78, 5) is 13.9. The molecule has 7 heteroatoms. The minimum absolute atomic E-state index is 0.110. The second-order valence-electron chi connectivity index (χ2n) is 2.67. The molecule has 0 aliphatic carbocycles. The number of hydrogen-bond acceptors (Lipinski definition) is 5. The minimum atomic E-state index is -0.526. The van der Waals surface area contributed by atoms with Gasteiger partial charge in [-0.3, -0.25) is 10.1 Å². The van der Waals surface area contributed by atoms with Crippen LogP contribution in [0.3, 0.4) is 0 Å². The quantitative estimate of drug-likeness (QED) is 0.578. The van der Waals surface area contributed by atoms with Crippen LogP contribution in [0.25, 0.3) is 11.4 Å². The molecule has 0 fully saturated rings. The van der Waals surface area contributed by atoms with E-state index in [1.807, 2.05) is 0 Å². The fraction of sp³-hybridized carbons (Fsp3) is 0. The molecule has 1 aromatic carbocycles. The Labute approximate surface area is 88.6 Å². The van der Waals surface area contributed by atoms with Crippen LogP contribution in [0.15, 0.2) is 29.1 Å². The zero-order valence-corrected chi connectivity index (χ0v) is 8.01. The van der Waals surface area contributed by atoms with Gasteiger partial charge < -0.3 is 4.52 Å². The highest BCUT2D eigenvalue weighted by atomic mass is 35.5. The molecule has 1 heterocycles. The third-order valence-electron chi connectivity index (χ3n) is 1.76. The van der Waals surface area contributed by atoms with Crippen LogP contribution >= 0.6 is 11.6 Å². The molecule has 1 aromatic heterocycles. The maximum absolute atomic E-state index is 10.7. The number of nitro benzene ring substituents is 1. The van der Waals surface area contributed by atoms with E-state index in [4.69, 9.17) is 11.6 Å². The first-order chi connectivity index (χ1) is 7.18. The molecule has 0 spiro atoms. The van der Waals surface area contributed by atoms with Crippen LogP contribution in [0, 0.1) is 10.1 Å². The lowest BCUT2D eigenvalue weighted by atomic mass is 10.2. The summed E-state index contributed by atoms with van der Waals surface area (Å²) in [5.41, 5.74) is 0.127. The van der Waals surface area contributed by atoms with Gasteiger partial charge in [0.15, 0.2) is 0 Å². The van der Waals surface area contributed by atoms with Gasteiger partial charge in [0.05, 0.1) is 4.92 Å². The normalized spacial score (nSPS) is 10.2. The van der Waals surface area contributed by atoms with Crippen LogP contribution in [0.1, 0.15) is 0 Å². The van der Waals surface area contributed by atoms with Gasteiger partial charge >= 0.3 is 0 Å². The van der Waals surface area contributed by atoms with Gasteiger partial charge in [0.25, 0.3) is 5.69 Å². The highest BCUT2D eigenvalue weighted by Gasteiger charge is 2.18. The standard InChI is InChI=1S/C8H4ClN3O3/c9-5-1-2-7(12(13)14)6(3-5)8-10-4-15-11-8/h1-4H. The Kier molecular flexibility index (Phi) is 2.34. The van der Waals surface area contributed by atoms with E-state index in [2.05, 4.69) is 14.7 Å². The van der Waals surface area contributed by atoms with Crippen molar-refractivity contribution >= 4 is 17.3 Å². The summed E-state index contributed by atoms with van der Waals surface area (Å²) >= 11 is 5.73. The Morgan fingerprint density at radius 3 is 2.87 bits per heavy atom. The van der Waals surface area contributed by atoms with E-state index in [-0.39, 0.29) is 17.1 Å². The van der Waals surface area contributed by atoms with Crippen LogP contribution in [0.5, 0.6) is 0 Å². The number of halogens is 1. The number of aromatic nitrogens is 2. The molecule has 0 aliphatic rings. The van der Waals surface area contributed by atoms with E-state index in [1.165, 1.54) is 18.2 Å². The molecule has 2 rings (SSSR count). The second kappa shape index (κ2) is 3.66. The average molecular weight is 226 g/mol.